The van der Waals surface area contributed by atoms with Crippen molar-refractivity contribution >= 4 is 11.6 Å². The van der Waals surface area contributed by atoms with E-state index in [4.69, 9.17) is 17.3 Å². The van der Waals surface area contributed by atoms with Gasteiger partial charge in [0, 0.05) is 10.9 Å². The summed E-state index contributed by atoms with van der Waals surface area (Å²) in [6, 6.07) is 13.8. The molecule has 0 spiro atoms. The van der Waals surface area contributed by atoms with Crippen molar-refractivity contribution in [2.24, 2.45) is 28.4 Å². The molecule has 3 rings (SSSR count). The van der Waals surface area contributed by atoms with Gasteiger partial charge in [-0.05, 0) is 47.3 Å². The quantitative estimate of drug-likeness (QED) is 0.711. The Hall–Kier alpha value is -2.74. The molecule has 0 saturated heterocycles. The van der Waals surface area contributed by atoms with E-state index in [9.17, 15) is 15.8 Å². The maximum absolute atomic E-state index is 10.1. The predicted octanol–water partition coefficient (Wildman–Crippen LogP) is 5.21. The molecule has 2 aliphatic carbocycles. The first-order chi connectivity index (χ1) is 13.2. The SMILES string of the molecule is CC(C)(C)[C@H]1CC=C2C(C#N)=C(N)C(C#N)(C#N)[C@@H](c3ccccc3Cl)[C@@H]2C1. The first-order valence-electron chi connectivity index (χ1n) is 9.39. The summed E-state index contributed by atoms with van der Waals surface area (Å²) in [7, 11) is 0. The van der Waals surface area contributed by atoms with E-state index in [0.29, 0.717) is 10.9 Å². The number of allylic oxidation sites excluding steroid dienone is 4. The molecule has 0 aliphatic heterocycles. The zero-order valence-corrected chi connectivity index (χ0v) is 17.1. The molecule has 5 heteroatoms. The lowest BCUT2D eigenvalue weighted by Gasteiger charge is -2.47. The number of nitrogens with zero attached hydrogens (tertiary/aromatic N) is 3. The summed E-state index contributed by atoms with van der Waals surface area (Å²) in [5, 5.41) is 30.5. The van der Waals surface area contributed by atoms with Gasteiger partial charge in [0.15, 0.2) is 5.41 Å². The summed E-state index contributed by atoms with van der Waals surface area (Å²) in [5.74, 6) is -0.329. The predicted molar refractivity (Wildman–Crippen MR) is 108 cm³/mol. The molecule has 0 aromatic heterocycles. The summed E-state index contributed by atoms with van der Waals surface area (Å²) in [6.07, 6.45) is 3.70. The minimum atomic E-state index is -1.63. The maximum Gasteiger partial charge on any atom is 0.191 e. The smallest absolute Gasteiger partial charge is 0.191 e. The summed E-state index contributed by atoms with van der Waals surface area (Å²) in [6.45, 7) is 6.59. The van der Waals surface area contributed by atoms with Crippen molar-refractivity contribution in [3.8, 4) is 18.2 Å². The van der Waals surface area contributed by atoms with Crippen molar-refractivity contribution < 1.29 is 0 Å². The van der Waals surface area contributed by atoms with Crippen LogP contribution < -0.4 is 5.73 Å². The van der Waals surface area contributed by atoms with Crippen LogP contribution in [0.1, 0.15) is 45.1 Å². The number of fused-ring (bicyclic) bond motifs is 1. The molecule has 2 aliphatic rings. The number of rotatable bonds is 1. The molecule has 3 atom stereocenters. The minimum absolute atomic E-state index is 0.0432. The second-order valence-corrected chi connectivity index (χ2v) is 9.14. The minimum Gasteiger partial charge on any atom is -0.399 e. The van der Waals surface area contributed by atoms with Crippen LogP contribution >= 0.6 is 11.6 Å². The molecule has 0 amide bonds. The van der Waals surface area contributed by atoms with Gasteiger partial charge in [-0.15, -0.1) is 0 Å². The average molecular weight is 391 g/mol. The fourth-order valence-corrected chi connectivity index (χ4v) is 4.92. The summed E-state index contributed by atoms with van der Waals surface area (Å²) >= 11 is 6.51. The summed E-state index contributed by atoms with van der Waals surface area (Å²) < 4.78 is 0. The van der Waals surface area contributed by atoms with Crippen LogP contribution in [0, 0.1) is 56.7 Å². The van der Waals surface area contributed by atoms with Crippen LogP contribution in [0.4, 0.5) is 0 Å². The monoisotopic (exact) mass is 390 g/mol. The molecule has 2 N–H and O–H groups in total. The van der Waals surface area contributed by atoms with Crippen LogP contribution in [-0.4, -0.2) is 0 Å². The Labute approximate surface area is 171 Å². The third-order valence-electron chi connectivity index (χ3n) is 6.34. The van der Waals surface area contributed by atoms with E-state index in [2.05, 4.69) is 45.1 Å². The normalized spacial score (nSPS) is 26.3. The molecule has 0 fully saturated rings. The average Bonchev–Trinajstić information content (AvgIpc) is 2.67. The molecule has 0 radical (unpaired) electrons. The zero-order valence-electron chi connectivity index (χ0n) is 16.3. The summed E-state index contributed by atoms with van der Waals surface area (Å²) in [5.41, 5.74) is 6.67. The van der Waals surface area contributed by atoms with Crippen LogP contribution in [0.15, 0.2) is 47.2 Å². The standard InChI is InChI=1S/C23H23ClN4/c1-22(2,3)14-8-9-15-17(10-14)20(16-6-4-5-7-19(16)24)23(12-26,13-27)21(28)18(15)11-25/h4-7,9,14,17,20H,8,10,28H2,1-3H3/t14-,17+,20-/m0/s1. The van der Waals surface area contributed by atoms with Crippen molar-refractivity contribution in [1.82, 2.24) is 0 Å². The number of nitrogens with two attached hydrogens (primary N) is 1. The molecule has 0 saturated carbocycles. The fourth-order valence-electron chi connectivity index (χ4n) is 4.67. The van der Waals surface area contributed by atoms with Crippen molar-refractivity contribution in [3.05, 3.63) is 57.8 Å². The highest BCUT2D eigenvalue weighted by Gasteiger charge is 2.55. The molecule has 0 heterocycles. The first kappa shape index (κ1) is 20.0. The van der Waals surface area contributed by atoms with E-state index >= 15 is 0 Å². The molecular weight excluding hydrogens is 368 g/mol. The Morgan fingerprint density at radius 1 is 1.14 bits per heavy atom. The van der Waals surface area contributed by atoms with E-state index in [-0.39, 0.29) is 22.6 Å². The Bertz CT molecular complexity index is 977. The van der Waals surface area contributed by atoms with E-state index in [0.717, 1.165) is 24.0 Å². The Balaban J connectivity index is 2.33. The lowest BCUT2D eigenvalue weighted by Crippen LogP contribution is -2.44. The molecule has 1 aromatic carbocycles. The highest BCUT2D eigenvalue weighted by atomic mass is 35.5. The summed E-state index contributed by atoms with van der Waals surface area (Å²) in [4.78, 5) is 0. The molecular formula is C23H23ClN4. The zero-order chi connectivity index (χ0) is 20.7. The van der Waals surface area contributed by atoms with Gasteiger partial charge < -0.3 is 5.73 Å². The number of benzene rings is 1. The first-order valence-corrected chi connectivity index (χ1v) is 9.76. The lowest BCUT2D eigenvalue weighted by molar-refractivity contribution is 0.170. The van der Waals surface area contributed by atoms with Crippen LogP contribution in [0.5, 0.6) is 0 Å². The second kappa shape index (κ2) is 7.01. The molecule has 0 bridgehead atoms. The van der Waals surface area contributed by atoms with Gasteiger partial charge in [0.25, 0.3) is 0 Å². The van der Waals surface area contributed by atoms with Gasteiger partial charge in [0.1, 0.15) is 6.07 Å². The number of halogens is 1. The van der Waals surface area contributed by atoms with E-state index < -0.39 is 11.3 Å². The molecule has 4 nitrogen and oxygen atoms in total. The second-order valence-electron chi connectivity index (χ2n) is 8.73. The Kier molecular flexibility index (Phi) is 5.01. The topological polar surface area (TPSA) is 97.4 Å². The van der Waals surface area contributed by atoms with Crippen molar-refractivity contribution in [1.29, 1.82) is 15.8 Å². The van der Waals surface area contributed by atoms with Gasteiger partial charge in [-0.25, -0.2) is 0 Å². The molecule has 142 valence electrons. The van der Waals surface area contributed by atoms with Crippen molar-refractivity contribution in [2.75, 3.05) is 0 Å². The van der Waals surface area contributed by atoms with E-state index in [1.807, 2.05) is 18.2 Å². The van der Waals surface area contributed by atoms with Gasteiger partial charge in [-0.3, -0.25) is 0 Å². The van der Waals surface area contributed by atoms with Crippen LogP contribution in [-0.2, 0) is 0 Å². The van der Waals surface area contributed by atoms with Gasteiger partial charge >= 0.3 is 0 Å². The molecule has 28 heavy (non-hydrogen) atoms. The molecule has 0 unspecified atom stereocenters. The van der Waals surface area contributed by atoms with Crippen molar-refractivity contribution in [3.63, 3.8) is 0 Å². The third kappa shape index (κ3) is 2.88. The van der Waals surface area contributed by atoms with Gasteiger partial charge in [0.2, 0.25) is 0 Å². The van der Waals surface area contributed by atoms with E-state index in [1.54, 1.807) is 6.07 Å². The number of nitriles is 3. The maximum atomic E-state index is 10.1. The number of hydrogen-bond acceptors (Lipinski definition) is 4. The van der Waals surface area contributed by atoms with Crippen LogP contribution in [0.25, 0.3) is 0 Å². The van der Waals surface area contributed by atoms with Gasteiger partial charge in [-0.1, -0.05) is 56.6 Å². The Morgan fingerprint density at radius 3 is 2.32 bits per heavy atom. The van der Waals surface area contributed by atoms with Crippen molar-refractivity contribution in [2.45, 2.75) is 39.5 Å². The molecule has 1 aromatic rings. The Morgan fingerprint density at radius 2 is 1.79 bits per heavy atom. The van der Waals surface area contributed by atoms with Crippen LogP contribution in [0.2, 0.25) is 5.02 Å². The van der Waals surface area contributed by atoms with Gasteiger partial charge in [0.05, 0.1) is 23.4 Å². The lowest BCUT2D eigenvalue weighted by atomic mass is 9.54. The van der Waals surface area contributed by atoms with E-state index in [1.165, 1.54) is 0 Å². The fraction of sp³-hybridized carbons (Fsp3) is 0.435. The largest absolute Gasteiger partial charge is 0.399 e. The third-order valence-corrected chi connectivity index (χ3v) is 6.69. The van der Waals surface area contributed by atoms with Crippen LogP contribution in [0.3, 0.4) is 0 Å². The van der Waals surface area contributed by atoms with Gasteiger partial charge in [-0.2, -0.15) is 15.8 Å². The number of hydrogen-bond donors (Lipinski definition) is 1. The highest BCUT2D eigenvalue weighted by molar-refractivity contribution is 6.31. The highest BCUT2D eigenvalue weighted by Crippen LogP contribution is 2.58.